The van der Waals surface area contributed by atoms with Gasteiger partial charge in [0.1, 0.15) is 11.8 Å². The molecule has 2 heterocycles. The third-order valence-corrected chi connectivity index (χ3v) is 6.95. The van der Waals surface area contributed by atoms with Gasteiger partial charge in [-0.25, -0.2) is 4.79 Å². The smallest absolute Gasteiger partial charge is 0.344 e. The molecule has 188 valence electrons. The number of nitrogens with zero attached hydrogens (tertiary/aromatic N) is 2. The normalized spacial score (nSPS) is 19.0. The molecule has 7 nitrogen and oxygen atoms in total. The van der Waals surface area contributed by atoms with Crippen LogP contribution in [0.15, 0.2) is 54.6 Å². The Labute approximate surface area is 208 Å². The molecule has 0 radical (unpaired) electrons. The van der Waals surface area contributed by atoms with Gasteiger partial charge in [0.05, 0.1) is 6.61 Å². The fraction of sp³-hybridized carbons (Fsp3) is 0.500. The van der Waals surface area contributed by atoms with Crippen LogP contribution < -0.4 is 15.0 Å². The Hall–Kier alpha value is -3.06. The number of piperidine rings is 1. The summed E-state index contributed by atoms with van der Waals surface area (Å²) in [6.07, 6.45) is 4.15. The van der Waals surface area contributed by atoms with Gasteiger partial charge in [-0.15, -0.1) is 0 Å². The molecule has 0 aliphatic carbocycles. The Bertz CT molecular complexity index is 944. The van der Waals surface area contributed by atoms with Crippen LogP contribution >= 0.6 is 0 Å². The molecule has 2 aromatic rings. The fourth-order valence-electron chi connectivity index (χ4n) is 4.99. The first-order chi connectivity index (χ1) is 17.1. The monoisotopic (exact) mass is 479 g/mol. The second-order valence-corrected chi connectivity index (χ2v) is 9.29. The van der Waals surface area contributed by atoms with Gasteiger partial charge in [0.15, 0.2) is 6.61 Å². The molecule has 1 atom stereocenters. The van der Waals surface area contributed by atoms with Crippen LogP contribution in [-0.2, 0) is 20.7 Å². The van der Waals surface area contributed by atoms with Crippen molar-refractivity contribution in [1.29, 1.82) is 0 Å². The van der Waals surface area contributed by atoms with Crippen molar-refractivity contribution in [2.24, 2.45) is 5.92 Å². The van der Waals surface area contributed by atoms with Gasteiger partial charge < -0.3 is 24.6 Å². The number of nitrogens with one attached hydrogen (secondary N) is 1. The highest BCUT2D eigenvalue weighted by molar-refractivity contribution is 5.87. The lowest BCUT2D eigenvalue weighted by molar-refractivity contribution is -0.145. The SMILES string of the molecule is CCOC(=O)COc1ccc(N2CCN(CCC3CCNCC3)C(=O)[C@H]2Cc2ccccc2)cc1. The van der Waals surface area contributed by atoms with Crippen molar-refractivity contribution in [1.82, 2.24) is 10.2 Å². The number of piperazine rings is 1. The van der Waals surface area contributed by atoms with Gasteiger partial charge in [-0.05, 0) is 75.0 Å². The zero-order valence-corrected chi connectivity index (χ0v) is 20.7. The first kappa shape index (κ1) is 25.0. The Kier molecular flexibility index (Phi) is 9.01. The minimum atomic E-state index is -0.384. The highest BCUT2D eigenvalue weighted by atomic mass is 16.6. The Morgan fingerprint density at radius 3 is 2.49 bits per heavy atom. The molecule has 0 bridgehead atoms. The van der Waals surface area contributed by atoms with E-state index in [1.807, 2.05) is 42.5 Å². The molecule has 2 aromatic carbocycles. The minimum Gasteiger partial charge on any atom is -0.482 e. The molecule has 0 spiro atoms. The van der Waals surface area contributed by atoms with Crippen molar-refractivity contribution in [3.05, 3.63) is 60.2 Å². The van der Waals surface area contributed by atoms with Crippen molar-refractivity contribution < 1.29 is 19.1 Å². The topological polar surface area (TPSA) is 71.1 Å². The van der Waals surface area contributed by atoms with Crippen LogP contribution in [0.3, 0.4) is 0 Å². The molecule has 0 unspecified atom stereocenters. The summed E-state index contributed by atoms with van der Waals surface area (Å²) in [4.78, 5) is 29.5. The molecule has 7 heteroatoms. The molecule has 2 aliphatic rings. The predicted octanol–water partition coefficient (Wildman–Crippen LogP) is 3.28. The standard InChI is InChI=1S/C28H37N3O4/c1-2-34-27(32)21-35-25-10-8-24(9-11-25)31-19-18-30(17-14-22-12-15-29-16-13-22)28(33)26(31)20-23-6-4-3-5-7-23/h3-11,22,26,29H,2,12-21H2,1H3/t26-/m1/s1. The van der Waals surface area contributed by atoms with Gasteiger partial charge in [0.2, 0.25) is 5.91 Å². The van der Waals surface area contributed by atoms with Gasteiger partial charge in [-0.1, -0.05) is 30.3 Å². The molecule has 2 saturated heterocycles. The van der Waals surface area contributed by atoms with E-state index in [0.29, 0.717) is 24.7 Å². The minimum absolute atomic E-state index is 0.113. The summed E-state index contributed by atoms with van der Waals surface area (Å²) in [6, 6.07) is 17.6. The van der Waals surface area contributed by atoms with E-state index in [0.717, 1.165) is 50.4 Å². The van der Waals surface area contributed by atoms with Crippen LogP contribution in [0.1, 0.15) is 31.7 Å². The van der Waals surface area contributed by atoms with E-state index in [2.05, 4.69) is 27.2 Å². The maximum absolute atomic E-state index is 13.7. The Morgan fingerprint density at radius 1 is 1.03 bits per heavy atom. The number of amides is 1. The summed E-state index contributed by atoms with van der Waals surface area (Å²) in [6.45, 7) is 6.52. The largest absolute Gasteiger partial charge is 0.482 e. The predicted molar refractivity (Wildman–Crippen MR) is 137 cm³/mol. The van der Waals surface area contributed by atoms with Crippen LogP contribution in [0.2, 0.25) is 0 Å². The molecular formula is C28H37N3O4. The number of hydrogen-bond acceptors (Lipinski definition) is 6. The summed E-state index contributed by atoms with van der Waals surface area (Å²) >= 11 is 0. The summed E-state index contributed by atoms with van der Waals surface area (Å²) in [5.74, 6) is 1.13. The molecule has 1 amide bonds. The first-order valence-electron chi connectivity index (χ1n) is 12.8. The Morgan fingerprint density at radius 2 is 1.77 bits per heavy atom. The van der Waals surface area contributed by atoms with E-state index < -0.39 is 0 Å². The van der Waals surface area contributed by atoms with Crippen molar-refractivity contribution in [3.63, 3.8) is 0 Å². The number of carbonyl (C=O) groups excluding carboxylic acids is 2. The van der Waals surface area contributed by atoms with Crippen molar-refractivity contribution in [2.75, 3.05) is 50.8 Å². The summed E-state index contributed by atoms with van der Waals surface area (Å²) < 4.78 is 10.5. The van der Waals surface area contributed by atoms with Crippen molar-refractivity contribution >= 4 is 17.6 Å². The van der Waals surface area contributed by atoms with E-state index in [4.69, 9.17) is 9.47 Å². The summed E-state index contributed by atoms with van der Waals surface area (Å²) in [5, 5.41) is 3.42. The van der Waals surface area contributed by atoms with E-state index in [1.54, 1.807) is 6.92 Å². The number of anilines is 1. The average Bonchev–Trinajstić information content (AvgIpc) is 2.90. The zero-order valence-electron chi connectivity index (χ0n) is 20.7. The van der Waals surface area contributed by atoms with E-state index >= 15 is 0 Å². The van der Waals surface area contributed by atoms with Crippen molar-refractivity contribution in [3.8, 4) is 5.75 Å². The van der Waals surface area contributed by atoms with Gasteiger partial charge >= 0.3 is 5.97 Å². The molecule has 4 rings (SSSR count). The second kappa shape index (κ2) is 12.6. The van der Waals surface area contributed by atoms with Gasteiger partial charge in [0.25, 0.3) is 0 Å². The third kappa shape index (κ3) is 6.98. The average molecular weight is 480 g/mol. The Balaban J connectivity index is 1.44. The van der Waals surface area contributed by atoms with Crippen LogP contribution in [0.4, 0.5) is 5.69 Å². The maximum Gasteiger partial charge on any atom is 0.344 e. The number of rotatable bonds is 10. The number of carbonyl (C=O) groups is 2. The molecular weight excluding hydrogens is 442 g/mol. The van der Waals surface area contributed by atoms with Crippen LogP contribution in [0.25, 0.3) is 0 Å². The van der Waals surface area contributed by atoms with Crippen LogP contribution in [0.5, 0.6) is 5.75 Å². The maximum atomic E-state index is 13.7. The van der Waals surface area contributed by atoms with Crippen LogP contribution in [-0.4, -0.2) is 68.8 Å². The molecule has 2 fully saturated rings. The quantitative estimate of drug-likeness (QED) is 0.528. The fourth-order valence-corrected chi connectivity index (χ4v) is 4.99. The molecule has 2 aliphatic heterocycles. The summed E-state index contributed by atoms with van der Waals surface area (Å²) in [7, 11) is 0. The van der Waals surface area contributed by atoms with Gasteiger partial charge in [-0.3, -0.25) is 4.79 Å². The van der Waals surface area contributed by atoms with E-state index in [1.165, 1.54) is 12.8 Å². The highest BCUT2D eigenvalue weighted by Gasteiger charge is 2.35. The number of esters is 1. The number of ether oxygens (including phenoxy) is 2. The van der Waals surface area contributed by atoms with Gasteiger partial charge in [0, 0.05) is 31.7 Å². The lowest BCUT2D eigenvalue weighted by atomic mass is 9.94. The number of hydrogen-bond donors (Lipinski definition) is 1. The van der Waals surface area contributed by atoms with Gasteiger partial charge in [-0.2, -0.15) is 0 Å². The zero-order chi connectivity index (χ0) is 24.5. The second-order valence-electron chi connectivity index (χ2n) is 9.29. The molecule has 1 N–H and O–H groups in total. The first-order valence-corrected chi connectivity index (χ1v) is 12.8. The van der Waals surface area contributed by atoms with E-state index in [9.17, 15) is 9.59 Å². The number of benzene rings is 2. The summed E-state index contributed by atoms with van der Waals surface area (Å²) in [5.41, 5.74) is 2.14. The lowest BCUT2D eigenvalue weighted by Crippen LogP contribution is -2.58. The van der Waals surface area contributed by atoms with Crippen molar-refractivity contribution in [2.45, 2.75) is 38.6 Å². The lowest BCUT2D eigenvalue weighted by Gasteiger charge is -2.42. The molecule has 35 heavy (non-hydrogen) atoms. The molecule has 0 aromatic heterocycles. The van der Waals surface area contributed by atoms with E-state index in [-0.39, 0.29) is 24.5 Å². The molecule has 0 saturated carbocycles. The third-order valence-electron chi connectivity index (χ3n) is 6.95. The highest BCUT2D eigenvalue weighted by Crippen LogP contribution is 2.27. The van der Waals surface area contributed by atoms with Crippen LogP contribution in [0, 0.1) is 5.92 Å².